The molecule has 9 heteroatoms. The van der Waals surface area contributed by atoms with Crippen molar-refractivity contribution in [2.75, 3.05) is 47.5 Å². The molecule has 0 heterocycles. The quantitative estimate of drug-likeness (QED) is 0.0211. The van der Waals surface area contributed by atoms with E-state index in [0.717, 1.165) is 38.5 Å². The van der Waals surface area contributed by atoms with E-state index >= 15 is 0 Å². The molecule has 0 saturated heterocycles. The van der Waals surface area contributed by atoms with Crippen LogP contribution >= 0.6 is 0 Å². The molecule has 2 unspecified atom stereocenters. The van der Waals surface area contributed by atoms with Crippen molar-refractivity contribution in [3.63, 3.8) is 0 Å². The number of hydrogen-bond donors (Lipinski definition) is 1. The molecule has 0 amide bonds. The van der Waals surface area contributed by atoms with E-state index in [1.54, 1.807) is 0 Å². The normalized spacial score (nSPS) is 12.8. The fraction of sp³-hybridized carbons (Fsp3) is 0.917. The van der Waals surface area contributed by atoms with Crippen molar-refractivity contribution in [1.82, 2.24) is 0 Å². The second kappa shape index (κ2) is 52.4. The van der Waals surface area contributed by atoms with Gasteiger partial charge >= 0.3 is 17.9 Å². The molecule has 69 heavy (non-hydrogen) atoms. The number of ether oxygens (including phenoxy) is 4. The van der Waals surface area contributed by atoms with Gasteiger partial charge in [0.15, 0.2) is 6.10 Å². The maximum atomic E-state index is 12.8. The molecule has 0 radical (unpaired) electrons. The highest BCUT2D eigenvalue weighted by molar-refractivity contribution is 5.71. The number of carboxylic acids is 1. The van der Waals surface area contributed by atoms with Crippen molar-refractivity contribution in [2.45, 2.75) is 309 Å². The Bertz CT molecular complexity index is 1140. The predicted molar refractivity (Wildman–Crippen MR) is 291 cm³/mol. The van der Waals surface area contributed by atoms with Crippen LogP contribution in [0.2, 0.25) is 0 Å². The summed E-state index contributed by atoms with van der Waals surface area (Å²) in [4.78, 5) is 37.1. The number of hydrogen-bond acceptors (Lipinski definition) is 7. The first kappa shape index (κ1) is 67.0. The van der Waals surface area contributed by atoms with E-state index in [4.69, 9.17) is 18.9 Å². The molecule has 0 bridgehead atoms. The van der Waals surface area contributed by atoms with Gasteiger partial charge in [0.1, 0.15) is 13.2 Å². The standard InChI is InChI=1S/C60H115NO8/c1-6-8-10-12-14-15-16-17-18-19-20-21-22-23-24-25-26-27-28-29-30-31-32-33-34-35-36-37-38-39-40-41-42-43-45-47-49-51-58(63)69-56(54-67-57(62)50-48-46-44-13-11-9-7-2)55-68-60(59(64)65)66-53-52-61(3,4)5/h19-20,56,60H,6-18,21-55H2,1-5H3/p+1/b20-19-. The summed E-state index contributed by atoms with van der Waals surface area (Å²) < 4.78 is 22.7. The molecule has 0 aromatic rings. The lowest BCUT2D eigenvalue weighted by atomic mass is 10.0. The van der Waals surface area contributed by atoms with E-state index in [1.807, 2.05) is 21.1 Å². The van der Waals surface area contributed by atoms with Crippen LogP contribution in [-0.4, -0.2) is 87.4 Å². The van der Waals surface area contributed by atoms with E-state index in [1.165, 1.54) is 231 Å². The molecule has 0 aromatic carbocycles. The van der Waals surface area contributed by atoms with Crippen LogP contribution in [0.15, 0.2) is 12.2 Å². The van der Waals surface area contributed by atoms with Crippen molar-refractivity contribution in [3.05, 3.63) is 12.2 Å². The van der Waals surface area contributed by atoms with Gasteiger partial charge in [0.2, 0.25) is 0 Å². The number of carbonyl (C=O) groups excluding carboxylic acids is 2. The third-order valence-electron chi connectivity index (χ3n) is 13.5. The zero-order valence-electron chi connectivity index (χ0n) is 46.5. The molecular weight excluding hydrogens is 863 g/mol. The number of carbonyl (C=O) groups is 3. The van der Waals surface area contributed by atoms with Gasteiger partial charge in [-0.25, -0.2) is 4.79 Å². The molecule has 0 aliphatic heterocycles. The van der Waals surface area contributed by atoms with Gasteiger partial charge in [0, 0.05) is 12.8 Å². The van der Waals surface area contributed by atoms with E-state index < -0.39 is 18.4 Å². The first-order valence-corrected chi connectivity index (χ1v) is 29.9. The summed E-state index contributed by atoms with van der Waals surface area (Å²) >= 11 is 0. The second-order valence-corrected chi connectivity index (χ2v) is 21.7. The van der Waals surface area contributed by atoms with Crippen LogP contribution in [0.1, 0.15) is 296 Å². The van der Waals surface area contributed by atoms with E-state index in [0.29, 0.717) is 17.4 Å². The summed E-state index contributed by atoms with van der Waals surface area (Å²) in [7, 11) is 5.97. The molecule has 0 saturated carbocycles. The fourth-order valence-corrected chi connectivity index (χ4v) is 8.89. The van der Waals surface area contributed by atoms with Crippen LogP contribution in [0, 0.1) is 0 Å². The Morgan fingerprint density at radius 3 is 1.07 bits per heavy atom. The zero-order valence-corrected chi connectivity index (χ0v) is 46.5. The Balaban J connectivity index is 3.82. The van der Waals surface area contributed by atoms with Gasteiger partial charge in [0.25, 0.3) is 6.29 Å². The Morgan fingerprint density at radius 1 is 0.420 bits per heavy atom. The smallest absolute Gasteiger partial charge is 0.361 e. The molecule has 0 aliphatic carbocycles. The van der Waals surface area contributed by atoms with Gasteiger partial charge in [-0.15, -0.1) is 0 Å². The molecule has 0 spiro atoms. The number of rotatable bonds is 56. The molecule has 0 fully saturated rings. The molecule has 9 nitrogen and oxygen atoms in total. The van der Waals surface area contributed by atoms with Gasteiger partial charge in [-0.1, -0.05) is 257 Å². The molecule has 2 atom stereocenters. The number of aliphatic carboxylic acids is 1. The number of unbranched alkanes of at least 4 members (excludes halogenated alkanes) is 39. The van der Waals surface area contributed by atoms with E-state index in [9.17, 15) is 19.5 Å². The fourth-order valence-electron chi connectivity index (χ4n) is 8.89. The van der Waals surface area contributed by atoms with Crippen LogP contribution in [0.25, 0.3) is 0 Å². The van der Waals surface area contributed by atoms with Crippen molar-refractivity contribution < 1.29 is 42.9 Å². The highest BCUT2D eigenvalue weighted by atomic mass is 16.7. The number of carboxylic acid groups (broad SMARTS) is 1. The summed E-state index contributed by atoms with van der Waals surface area (Å²) in [6.07, 6.45) is 57.9. The van der Waals surface area contributed by atoms with Crippen molar-refractivity contribution in [2.24, 2.45) is 0 Å². The predicted octanol–water partition coefficient (Wildman–Crippen LogP) is 17.4. The van der Waals surface area contributed by atoms with Crippen LogP contribution in [0.3, 0.4) is 0 Å². The summed E-state index contributed by atoms with van der Waals surface area (Å²) in [5, 5.41) is 9.64. The highest BCUT2D eigenvalue weighted by Gasteiger charge is 2.25. The maximum absolute atomic E-state index is 12.8. The maximum Gasteiger partial charge on any atom is 0.361 e. The third kappa shape index (κ3) is 53.7. The average molecular weight is 980 g/mol. The first-order valence-electron chi connectivity index (χ1n) is 29.9. The molecule has 0 rings (SSSR count). The minimum atomic E-state index is -1.50. The summed E-state index contributed by atoms with van der Waals surface area (Å²) in [6.45, 7) is 4.86. The lowest BCUT2D eigenvalue weighted by Crippen LogP contribution is -2.40. The minimum Gasteiger partial charge on any atom is -0.477 e. The Morgan fingerprint density at radius 2 is 0.739 bits per heavy atom. The minimum absolute atomic E-state index is 0.176. The Kier molecular flexibility index (Phi) is 50.9. The molecule has 0 aromatic heterocycles. The number of likely N-dealkylation sites (N-methyl/N-ethyl adjacent to an activating group) is 1. The summed E-state index contributed by atoms with van der Waals surface area (Å²) in [6, 6.07) is 0. The van der Waals surface area contributed by atoms with Gasteiger partial charge < -0.3 is 28.5 Å². The lowest BCUT2D eigenvalue weighted by Gasteiger charge is -2.25. The third-order valence-corrected chi connectivity index (χ3v) is 13.5. The average Bonchev–Trinajstić information content (AvgIpc) is 3.31. The SMILES string of the molecule is CCCCCCCCCC/C=C\CCCCCCCCCCCCCCCCCCCCCCCCCCCC(=O)OC(COC(=O)CCCCCCCCC)COC(OCC[N+](C)(C)C)C(=O)O. The van der Waals surface area contributed by atoms with Crippen LogP contribution < -0.4 is 0 Å². The van der Waals surface area contributed by atoms with Crippen LogP contribution in [-0.2, 0) is 33.3 Å². The van der Waals surface area contributed by atoms with E-state index in [2.05, 4.69) is 26.0 Å². The van der Waals surface area contributed by atoms with Gasteiger partial charge in [0.05, 0.1) is 34.4 Å². The molecule has 0 aliphatic rings. The number of allylic oxidation sites excluding steroid dienone is 2. The highest BCUT2D eigenvalue weighted by Crippen LogP contribution is 2.18. The van der Waals surface area contributed by atoms with Gasteiger partial charge in [-0.3, -0.25) is 9.59 Å². The molecule has 408 valence electrons. The zero-order chi connectivity index (χ0) is 50.6. The second-order valence-electron chi connectivity index (χ2n) is 21.7. The first-order chi connectivity index (χ1) is 33.6. The van der Waals surface area contributed by atoms with Gasteiger partial charge in [-0.05, 0) is 38.5 Å². The van der Waals surface area contributed by atoms with Crippen LogP contribution in [0.4, 0.5) is 0 Å². The largest absolute Gasteiger partial charge is 0.477 e. The molecular formula is C60H116NO8+. The Labute approximate surface area is 427 Å². The monoisotopic (exact) mass is 979 g/mol. The van der Waals surface area contributed by atoms with Crippen LogP contribution in [0.5, 0.6) is 0 Å². The number of nitrogens with zero attached hydrogens (tertiary/aromatic N) is 1. The van der Waals surface area contributed by atoms with Crippen molar-refractivity contribution in [1.29, 1.82) is 0 Å². The van der Waals surface area contributed by atoms with Gasteiger partial charge in [-0.2, -0.15) is 0 Å². The number of esters is 2. The van der Waals surface area contributed by atoms with Crippen molar-refractivity contribution >= 4 is 17.9 Å². The van der Waals surface area contributed by atoms with E-state index in [-0.39, 0.29) is 38.2 Å². The summed E-state index contributed by atoms with van der Waals surface area (Å²) in [5.41, 5.74) is 0. The lowest BCUT2D eigenvalue weighted by molar-refractivity contribution is -0.870. The summed E-state index contributed by atoms with van der Waals surface area (Å²) in [5.74, 6) is -1.99. The molecule has 1 N–H and O–H groups in total. The Hall–Kier alpha value is -1.97. The topological polar surface area (TPSA) is 108 Å². The number of quaternary nitrogens is 1. The van der Waals surface area contributed by atoms with Crippen molar-refractivity contribution in [3.8, 4) is 0 Å².